The molecule has 3 aromatic rings. The first-order valence-electron chi connectivity index (χ1n) is 10.3. The third kappa shape index (κ3) is 6.65. The van der Waals surface area contributed by atoms with Crippen molar-refractivity contribution in [3.05, 3.63) is 95.3 Å². The molecule has 0 fully saturated rings. The van der Waals surface area contributed by atoms with Crippen LogP contribution in [0.2, 0.25) is 0 Å². The van der Waals surface area contributed by atoms with E-state index in [0.29, 0.717) is 17.0 Å². The van der Waals surface area contributed by atoms with Crippen molar-refractivity contribution in [1.29, 1.82) is 5.26 Å². The molecule has 1 unspecified atom stereocenters. The summed E-state index contributed by atoms with van der Waals surface area (Å²) in [6, 6.07) is 23.0. The molecular formula is C26H23FN2O4. The first-order chi connectivity index (χ1) is 16.1. The van der Waals surface area contributed by atoms with Crippen molar-refractivity contribution in [2.75, 3.05) is 13.7 Å². The van der Waals surface area contributed by atoms with E-state index < -0.39 is 11.7 Å². The zero-order valence-electron chi connectivity index (χ0n) is 18.1. The molecule has 0 aliphatic heterocycles. The first kappa shape index (κ1) is 23.5. The van der Waals surface area contributed by atoms with Gasteiger partial charge >= 0.3 is 0 Å². The number of halogens is 1. The number of nitrogens with zero attached hydrogens (tertiary/aromatic N) is 2. The van der Waals surface area contributed by atoms with Crippen LogP contribution in [-0.4, -0.2) is 25.7 Å². The van der Waals surface area contributed by atoms with Crippen LogP contribution < -0.4 is 9.47 Å². The van der Waals surface area contributed by atoms with Crippen molar-refractivity contribution < 1.29 is 23.5 Å². The average molecular weight is 446 g/mol. The molecule has 6 nitrogen and oxygen atoms in total. The average Bonchev–Trinajstić information content (AvgIpc) is 2.85. The third-order valence-corrected chi connectivity index (χ3v) is 4.84. The Morgan fingerprint density at radius 1 is 1.09 bits per heavy atom. The van der Waals surface area contributed by atoms with Crippen molar-refractivity contribution in [3.63, 3.8) is 0 Å². The van der Waals surface area contributed by atoms with Gasteiger partial charge in [-0.25, -0.2) is 4.39 Å². The Bertz CT molecular complexity index is 1130. The summed E-state index contributed by atoms with van der Waals surface area (Å²) in [5.74, 6) is -0.317. The molecule has 0 aliphatic carbocycles. The Morgan fingerprint density at radius 2 is 1.85 bits per heavy atom. The first-order valence-corrected chi connectivity index (χ1v) is 10.3. The molecule has 0 bridgehead atoms. The number of hydrogen-bond donors (Lipinski definition) is 0. The SMILES string of the molecule is CO/N=C(\COc1ccc(COc2ccc(C(C#N)CC=O)cc2)cc1F)c1ccccc1. The number of carbonyl (C=O) groups excluding carboxylic acids is 1. The Kier molecular flexibility index (Phi) is 8.55. The van der Waals surface area contributed by atoms with E-state index in [1.165, 1.54) is 13.2 Å². The van der Waals surface area contributed by atoms with Crippen LogP contribution in [0.15, 0.2) is 78.0 Å². The van der Waals surface area contributed by atoms with Crippen molar-refractivity contribution in [2.24, 2.45) is 5.16 Å². The van der Waals surface area contributed by atoms with Gasteiger partial charge in [0.15, 0.2) is 11.6 Å². The van der Waals surface area contributed by atoms with Crippen LogP contribution in [-0.2, 0) is 16.2 Å². The summed E-state index contributed by atoms with van der Waals surface area (Å²) in [5.41, 5.74) is 2.74. The van der Waals surface area contributed by atoms with E-state index >= 15 is 0 Å². The lowest BCUT2D eigenvalue weighted by Gasteiger charge is -2.12. The lowest BCUT2D eigenvalue weighted by atomic mass is 9.98. The van der Waals surface area contributed by atoms with E-state index in [9.17, 15) is 9.18 Å². The van der Waals surface area contributed by atoms with Crippen LogP contribution >= 0.6 is 0 Å². The number of hydrogen-bond acceptors (Lipinski definition) is 6. The van der Waals surface area contributed by atoms with Gasteiger partial charge in [-0.2, -0.15) is 5.26 Å². The van der Waals surface area contributed by atoms with Crippen molar-refractivity contribution >= 4 is 12.0 Å². The summed E-state index contributed by atoms with van der Waals surface area (Å²) < 4.78 is 25.9. The van der Waals surface area contributed by atoms with E-state index in [4.69, 9.17) is 19.6 Å². The molecule has 0 aromatic heterocycles. The number of nitriles is 1. The molecule has 33 heavy (non-hydrogen) atoms. The Labute approximate surface area is 191 Å². The van der Waals surface area contributed by atoms with Crippen molar-refractivity contribution in [1.82, 2.24) is 0 Å². The zero-order chi connectivity index (χ0) is 23.5. The second-order valence-corrected chi connectivity index (χ2v) is 7.08. The molecule has 0 heterocycles. The van der Waals surface area contributed by atoms with E-state index in [0.717, 1.165) is 17.4 Å². The summed E-state index contributed by atoms with van der Waals surface area (Å²) in [4.78, 5) is 15.5. The second-order valence-electron chi connectivity index (χ2n) is 7.08. The van der Waals surface area contributed by atoms with Crippen molar-refractivity contribution in [2.45, 2.75) is 18.9 Å². The molecule has 0 saturated heterocycles. The molecule has 0 N–H and O–H groups in total. The predicted molar refractivity (Wildman–Crippen MR) is 122 cm³/mol. The van der Waals surface area contributed by atoms with Gasteiger partial charge in [0.1, 0.15) is 38.1 Å². The number of aldehydes is 1. The highest BCUT2D eigenvalue weighted by Gasteiger charge is 2.11. The summed E-state index contributed by atoms with van der Waals surface area (Å²) >= 11 is 0. The number of ether oxygens (including phenoxy) is 2. The summed E-state index contributed by atoms with van der Waals surface area (Å²) in [5, 5.41) is 13.1. The molecular weight excluding hydrogens is 423 g/mol. The molecule has 7 heteroatoms. The number of benzene rings is 3. The van der Waals surface area contributed by atoms with Gasteiger partial charge < -0.3 is 19.1 Å². The van der Waals surface area contributed by atoms with E-state index in [2.05, 4.69) is 11.2 Å². The van der Waals surface area contributed by atoms with Gasteiger partial charge in [0.2, 0.25) is 0 Å². The van der Waals surface area contributed by atoms with Crippen LogP contribution in [0.4, 0.5) is 4.39 Å². The van der Waals surface area contributed by atoms with E-state index in [1.807, 2.05) is 30.3 Å². The zero-order valence-corrected chi connectivity index (χ0v) is 18.1. The highest BCUT2D eigenvalue weighted by molar-refractivity contribution is 6.01. The molecule has 0 amide bonds. The molecule has 0 saturated carbocycles. The Hall–Kier alpha value is -4.18. The molecule has 0 spiro atoms. The minimum Gasteiger partial charge on any atom is -0.489 e. The van der Waals surface area contributed by atoms with Gasteiger partial charge in [0.25, 0.3) is 0 Å². The fraction of sp³-hybridized carbons (Fsp3) is 0.192. The normalized spacial score (nSPS) is 11.8. The molecule has 1 atom stereocenters. The van der Waals surface area contributed by atoms with E-state index in [1.54, 1.807) is 36.4 Å². The van der Waals surface area contributed by atoms with Crippen LogP contribution in [0.25, 0.3) is 0 Å². The van der Waals surface area contributed by atoms with Crippen molar-refractivity contribution in [3.8, 4) is 17.6 Å². The lowest BCUT2D eigenvalue weighted by molar-refractivity contribution is -0.108. The van der Waals surface area contributed by atoms with Crippen LogP contribution in [0.5, 0.6) is 11.5 Å². The van der Waals surface area contributed by atoms with Crippen LogP contribution in [0.3, 0.4) is 0 Å². The fourth-order valence-corrected chi connectivity index (χ4v) is 3.12. The van der Waals surface area contributed by atoms with Crippen LogP contribution in [0, 0.1) is 17.1 Å². The van der Waals surface area contributed by atoms with Crippen LogP contribution in [0.1, 0.15) is 29.0 Å². The maximum atomic E-state index is 14.6. The van der Waals surface area contributed by atoms with Gasteiger partial charge in [-0.1, -0.05) is 53.7 Å². The largest absolute Gasteiger partial charge is 0.489 e. The third-order valence-electron chi connectivity index (χ3n) is 4.84. The van der Waals surface area contributed by atoms with Gasteiger partial charge in [-0.3, -0.25) is 0 Å². The maximum Gasteiger partial charge on any atom is 0.165 e. The topological polar surface area (TPSA) is 80.9 Å². The van der Waals surface area contributed by atoms with Gasteiger partial charge in [-0.15, -0.1) is 0 Å². The number of rotatable bonds is 11. The minimum atomic E-state index is -0.512. The predicted octanol–water partition coefficient (Wildman–Crippen LogP) is 5.03. The maximum absolute atomic E-state index is 14.6. The second kappa shape index (κ2) is 12.0. The summed E-state index contributed by atoms with van der Waals surface area (Å²) in [6.07, 6.45) is 0.877. The summed E-state index contributed by atoms with van der Waals surface area (Å²) in [7, 11) is 1.44. The quantitative estimate of drug-likeness (QED) is 0.234. The Balaban J connectivity index is 1.59. The summed E-state index contributed by atoms with van der Waals surface area (Å²) in [6.45, 7) is 0.206. The standard InChI is InChI=1S/C26H23FN2O4/c1-31-29-25(21-5-3-2-4-6-21)18-33-26-12-7-19(15-24(26)27)17-32-23-10-8-20(9-11-23)22(16-28)13-14-30/h2-12,14-15,22H,13,17-18H2,1H3/b29-25+. The molecule has 3 aromatic carbocycles. The molecule has 0 radical (unpaired) electrons. The fourth-order valence-electron chi connectivity index (χ4n) is 3.12. The molecule has 0 aliphatic rings. The highest BCUT2D eigenvalue weighted by Crippen LogP contribution is 2.23. The lowest BCUT2D eigenvalue weighted by Crippen LogP contribution is -2.14. The van der Waals surface area contributed by atoms with Gasteiger partial charge in [0.05, 0.1) is 12.0 Å². The smallest absolute Gasteiger partial charge is 0.165 e. The Morgan fingerprint density at radius 3 is 2.48 bits per heavy atom. The van der Waals surface area contributed by atoms with E-state index in [-0.39, 0.29) is 25.4 Å². The number of oxime groups is 1. The minimum absolute atomic E-state index is 0.0464. The van der Waals surface area contributed by atoms with Gasteiger partial charge in [-0.05, 0) is 35.4 Å². The molecule has 3 rings (SSSR count). The highest BCUT2D eigenvalue weighted by atomic mass is 19.1. The molecule has 168 valence electrons. The monoisotopic (exact) mass is 446 g/mol. The van der Waals surface area contributed by atoms with Gasteiger partial charge in [0, 0.05) is 12.0 Å². The number of carbonyl (C=O) groups is 1.